The van der Waals surface area contributed by atoms with Crippen molar-refractivity contribution in [2.24, 2.45) is 11.8 Å². The molecule has 4 heteroatoms. The number of carboxylic acid groups (broad SMARTS) is 1. The van der Waals surface area contributed by atoms with Crippen molar-refractivity contribution in [2.45, 2.75) is 38.6 Å². The van der Waals surface area contributed by atoms with Gasteiger partial charge in [-0.05, 0) is 43.2 Å². The van der Waals surface area contributed by atoms with Crippen LogP contribution in [0.3, 0.4) is 0 Å². The summed E-state index contributed by atoms with van der Waals surface area (Å²) in [6.07, 6.45) is 2.36. The number of carboxylic acids is 1. The van der Waals surface area contributed by atoms with Crippen LogP contribution in [0.5, 0.6) is 0 Å². The van der Waals surface area contributed by atoms with Crippen LogP contribution in [0, 0.1) is 11.8 Å². The zero-order chi connectivity index (χ0) is 14.0. The summed E-state index contributed by atoms with van der Waals surface area (Å²) >= 11 is 6.13. The van der Waals surface area contributed by atoms with E-state index in [1.54, 1.807) is 6.07 Å². The molecule has 3 nitrogen and oxygen atoms in total. The van der Waals surface area contributed by atoms with Crippen LogP contribution in [0.25, 0.3) is 0 Å². The highest BCUT2D eigenvalue weighted by Crippen LogP contribution is 2.39. The standard InChI is InChI=1S/C15H20ClNO2/c1-10-7-11(2)9-15(8-10,14(18)19)17-13-6-4-3-5-12(13)16/h3-6,10-11,17H,7-9H2,1-2H3,(H,18,19). The second-order valence-electron chi connectivity index (χ2n) is 5.85. The van der Waals surface area contributed by atoms with Gasteiger partial charge in [0.25, 0.3) is 0 Å². The molecule has 0 heterocycles. The summed E-state index contributed by atoms with van der Waals surface area (Å²) in [6, 6.07) is 7.30. The summed E-state index contributed by atoms with van der Waals surface area (Å²) in [5.41, 5.74) is -0.199. The molecule has 2 unspecified atom stereocenters. The van der Waals surface area contributed by atoms with Crippen LogP contribution in [0.15, 0.2) is 24.3 Å². The summed E-state index contributed by atoms with van der Waals surface area (Å²) in [7, 11) is 0. The summed E-state index contributed by atoms with van der Waals surface area (Å²) in [6.45, 7) is 4.23. The van der Waals surface area contributed by atoms with Crippen molar-refractivity contribution >= 4 is 23.3 Å². The first-order chi connectivity index (χ1) is 8.93. The summed E-state index contributed by atoms with van der Waals surface area (Å²) < 4.78 is 0. The smallest absolute Gasteiger partial charge is 0.329 e. The fourth-order valence-electron chi connectivity index (χ4n) is 3.28. The highest BCUT2D eigenvalue weighted by atomic mass is 35.5. The Kier molecular flexibility index (Phi) is 4.04. The van der Waals surface area contributed by atoms with Gasteiger partial charge in [-0.1, -0.05) is 37.6 Å². The maximum absolute atomic E-state index is 11.8. The van der Waals surface area contributed by atoms with Crippen LogP contribution >= 0.6 is 11.6 Å². The van der Waals surface area contributed by atoms with E-state index in [1.807, 2.05) is 18.2 Å². The number of benzene rings is 1. The van der Waals surface area contributed by atoms with Crippen molar-refractivity contribution in [3.05, 3.63) is 29.3 Å². The Hall–Kier alpha value is -1.22. The molecule has 1 aliphatic carbocycles. The minimum atomic E-state index is -0.901. The van der Waals surface area contributed by atoms with E-state index in [1.165, 1.54) is 0 Å². The lowest BCUT2D eigenvalue weighted by atomic mass is 9.71. The largest absolute Gasteiger partial charge is 0.480 e. The summed E-state index contributed by atoms with van der Waals surface area (Å²) in [5, 5.41) is 13.4. The van der Waals surface area contributed by atoms with Gasteiger partial charge in [0.2, 0.25) is 0 Å². The number of hydrogen-bond donors (Lipinski definition) is 2. The second-order valence-corrected chi connectivity index (χ2v) is 6.25. The molecular weight excluding hydrogens is 262 g/mol. The molecule has 0 aliphatic heterocycles. The molecule has 0 aromatic heterocycles. The van der Waals surface area contributed by atoms with Gasteiger partial charge >= 0.3 is 5.97 Å². The van der Waals surface area contributed by atoms with Gasteiger partial charge in [0.05, 0.1) is 10.7 Å². The Labute approximate surface area is 119 Å². The molecule has 1 aromatic rings. The van der Waals surface area contributed by atoms with Crippen LogP contribution in [0.4, 0.5) is 5.69 Å². The molecule has 0 bridgehead atoms. The number of aliphatic carboxylic acids is 1. The third-order valence-corrected chi connectivity index (χ3v) is 4.19. The number of rotatable bonds is 3. The molecule has 19 heavy (non-hydrogen) atoms. The number of nitrogens with one attached hydrogen (secondary N) is 1. The fraction of sp³-hybridized carbons (Fsp3) is 0.533. The highest BCUT2D eigenvalue weighted by molar-refractivity contribution is 6.33. The molecule has 0 radical (unpaired) electrons. The third kappa shape index (κ3) is 3.03. The van der Waals surface area contributed by atoms with E-state index in [0.29, 0.717) is 35.4 Å². The molecule has 2 atom stereocenters. The van der Waals surface area contributed by atoms with Crippen molar-refractivity contribution < 1.29 is 9.90 Å². The van der Waals surface area contributed by atoms with Crippen molar-refractivity contribution in [2.75, 3.05) is 5.32 Å². The Morgan fingerprint density at radius 3 is 2.42 bits per heavy atom. The van der Waals surface area contributed by atoms with Crippen LogP contribution < -0.4 is 5.32 Å². The summed E-state index contributed by atoms with van der Waals surface area (Å²) in [5.74, 6) is 0.00972. The maximum atomic E-state index is 11.8. The van der Waals surface area contributed by atoms with Gasteiger partial charge in [-0.2, -0.15) is 0 Å². The number of para-hydroxylation sites is 1. The maximum Gasteiger partial charge on any atom is 0.329 e. The van der Waals surface area contributed by atoms with Crippen molar-refractivity contribution in [1.29, 1.82) is 0 Å². The van der Waals surface area contributed by atoms with E-state index in [9.17, 15) is 9.90 Å². The zero-order valence-electron chi connectivity index (χ0n) is 11.3. The quantitative estimate of drug-likeness (QED) is 0.879. The first-order valence-electron chi connectivity index (χ1n) is 6.69. The van der Waals surface area contributed by atoms with Gasteiger partial charge in [-0.15, -0.1) is 0 Å². The lowest BCUT2D eigenvalue weighted by Gasteiger charge is -2.41. The molecular formula is C15H20ClNO2. The molecule has 0 spiro atoms. The lowest BCUT2D eigenvalue weighted by molar-refractivity contribution is -0.144. The lowest BCUT2D eigenvalue weighted by Crippen LogP contribution is -2.51. The first-order valence-corrected chi connectivity index (χ1v) is 7.07. The van der Waals surface area contributed by atoms with Gasteiger partial charge in [0, 0.05) is 0 Å². The predicted molar refractivity (Wildman–Crippen MR) is 77.6 cm³/mol. The fourth-order valence-corrected chi connectivity index (χ4v) is 3.46. The highest BCUT2D eigenvalue weighted by Gasteiger charge is 2.44. The average molecular weight is 282 g/mol. The minimum Gasteiger partial charge on any atom is -0.480 e. The van der Waals surface area contributed by atoms with Gasteiger partial charge in [-0.3, -0.25) is 0 Å². The number of carbonyl (C=O) groups is 1. The van der Waals surface area contributed by atoms with Crippen molar-refractivity contribution in [1.82, 2.24) is 0 Å². The van der Waals surface area contributed by atoms with Crippen LogP contribution in [0.1, 0.15) is 33.1 Å². The van der Waals surface area contributed by atoms with Crippen LogP contribution in [-0.2, 0) is 4.79 Å². The van der Waals surface area contributed by atoms with Crippen LogP contribution in [-0.4, -0.2) is 16.6 Å². The van der Waals surface area contributed by atoms with Gasteiger partial charge < -0.3 is 10.4 Å². The van der Waals surface area contributed by atoms with E-state index < -0.39 is 11.5 Å². The summed E-state index contributed by atoms with van der Waals surface area (Å²) in [4.78, 5) is 11.8. The van der Waals surface area contributed by atoms with Crippen molar-refractivity contribution in [3.63, 3.8) is 0 Å². The van der Waals surface area contributed by atoms with E-state index in [2.05, 4.69) is 19.2 Å². The molecule has 104 valence electrons. The first kappa shape index (κ1) is 14.2. The Bertz CT molecular complexity index is 465. The number of anilines is 1. The van der Waals surface area contributed by atoms with Crippen LogP contribution in [0.2, 0.25) is 5.02 Å². The Balaban J connectivity index is 2.30. The third-order valence-electron chi connectivity index (χ3n) is 3.86. The zero-order valence-corrected chi connectivity index (χ0v) is 12.1. The molecule has 0 saturated heterocycles. The van der Waals surface area contributed by atoms with E-state index in [0.717, 1.165) is 6.42 Å². The topological polar surface area (TPSA) is 49.3 Å². The molecule has 1 aliphatic rings. The number of halogens is 1. The van der Waals surface area contributed by atoms with E-state index in [-0.39, 0.29) is 0 Å². The van der Waals surface area contributed by atoms with Gasteiger partial charge in [0.1, 0.15) is 5.54 Å². The van der Waals surface area contributed by atoms with Gasteiger partial charge in [-0.25, -0.2) is 4.79 Å². The monoisotopic (exact) mass is 281 g/mol. The van der Waals surface area contributed by atoms with Gasteiger partial charge in [0.15, 0.2) is 0 Å². The predicted octanol–water partition coefficient (Wildman–Crippen LogP) is 4.03. The normalized spacial score (nSPS) is 30.9. The van der Waals surface area contributed by atoms with Crippen molar-refractivity contribution in [3.8, 4) is 0 Å². The Morgan fingerprint density at radius 2 is 1.89 bits per heavy atom. The Morgan fingerprint density at radius 1 is 1.32 bits per heavy atom. The molecule has 1 fully saturated rings. The average Bonchev–Trinajstić information content (AvgIpc) is 2.30. The SMILES string of the molecule is CC1CC(C)CC(Nc2ccccc2Cl)(C(=O)O)C1. The van der Waals surface area contributed by atoms with E-state index >= 15 is 0 Å². The molecule has 2 N–H and O–H groups in total. The molecule has 1 aromatic carbocycles. The molecule has 0 amide bonds. The second kappa shape index (κ2) is 5.41. The molecule has 1 saturated carbocycles. The minimum absolute atomic E-state index is 0.398. The molecule has 2 rings (SSSR count). The van der Waals surface area contributed by atoms with E-state index in [4.69, 9.17) is 11.6 Å². The number of hydrogen-bond acceptors (Lipinski definition) is 2.